The van der Waals surface area contributed by atoms with Crippen LogP contribution in [-0.2, 0) is 9.53 Å². The fraction of sp³-hybridized carbons (Fsp3) is 0.529. The van der Waals surface area contributed by atoms with Gasteiger partial charge >= 0.3 is 6.09 Å². The number of benzene rings is 1. The van der Waals surface area contributed by atoms with Gasteiger partial charge in [-0.1, -0.05) is 0 Å². The zero-order valence-electron chi connectivity index (χ0n) is 14.9. The van der Waals surface area contributed by atoms with Crippen molar-refractivity contribution in [1.82, 2.24) is 4.90 Å². The van der Waals surface area contributed by atoms with E-state index in [2.05, 4.69) is 10.6 Å². The van der Waals surface area contributed by atoms with Crippen LogP contribution in [0.3, 0.4) is 0 Å². The van der Waals surface area contributed by atoms with Crippen molar-refractivity contribution >= 4 is 23.4 Å². The Labute approximate surface area is 147 Å². The molecule has 0 spiro atoms. The maximum Gasteiger partial charge on any atom is 0.412 e. The molecule has 0 saturated carbocycles. The molecule has 25 heavy (non-hydrogen) atoms. The Bertz CT molecular complexity index is 548. The molecule has 0 heterocycles. The lowest BCUT2D eigenvalue weighted by Gasteiger charge is -2.20. The van der Waals surface area contributed by atoms with E-state index in [1.165, 1.54) is 0 Å². The molecule has 8 heteroatoms. The van der Waals surface area contributed by atoms with Gasteiger partial charge in [0.2, 0.25) is 5.91 Å². The third-order valence-corrected chi connectivity index (χ3v) is 3.01. The fourth-order valence-corrected chi connectivity index (χ4v) is 2.01. The van der Waals surface area contributed by atoms with Crippen LogP contribution in [-0.4, -0.2) is 65.6 Å². The SMILES string of the molecule is CC(C)(C)OC(=O)Nc1ccc(NC(=O)CN(CCO)CCO)cc1. The van der Waals surface area contributed by atoms with E-state index in [1.807, 2.05) is 0 Å². The molecule has 2 amide bonds. The Morgan fingerprint density at radius 3 is 1.92 bits per heavy atom. The van der Waals surface area contributed by atoms with Gasteiger partial charge in [0.05, 0.1) is 19.8 Å². The average Bonchev–Trinajstić information content (AvgIpc) is 2.47. The van der Waals surface area contributed by atoms with E-state index in [0.29, 0.717) is 24.5 Å². The van der Waals surface area contributed by atoms with Crippen LogP contribution in [0, 0.1) is 0 Å². The number of anilines is 2. The number of nitrogens with one attached hydrogen (secondary N) is 2. The number of aliphatic hydroxyl groups excluding tert-OH is 2. The second kappa shape index (κ2) is 9.97. The van der Waals surface area contributed by atoms with E-state index in [9.17, 15) is 9.59 Å². The first kappa shape index (κ1) is 20.9. The Morgan fingerprint density at radius 2 is 1.48 bits per heavy atom. The smallest absolute Gasteiger partial charge is 0.412 e. The van der Waals surface area contributed by atoms with Gasteiger partial charge in [-0.2, -0.15) is 0 Å². The molecule has 0 aromatic heterocycles. The highest BCUT2D eigenvalue weighted by Crippen LogP contribution is 2.15. The molecule has 1 aromatic rings. The third kappa shape index (κ3) is 9.04. The lowest BCUT2D eigenvalue weighted by atomic mass is 10.2. The molecule has 8 nitrogen and oxygen atoms in total. The van der Waals surface area contributed by atoms with Crippen molar-refractivity contribution in [3.05, 3.63) is 24.3 Å². The van der Waals surface area contributed by atoms with Crippen LogP contribution in [0.1, 0.15) is 20.8 Å². The van der Waals surface area contributed by atoms with Crippen molar-refractivity contribution in [2.45, 2.75) is 26.4 Å². The van der Waals surface area contributed by atoms with Gasteiger partial charge in [-0.15, -0.1) is 0 Å². The molecule has 140 valence electrons. The van der Waals surface area contributed by atoms with Crippen molar-refractivity contribution in [3.8, 4) is 0 Å². The van der Waals surface area contributed by atoms with Crippen LogP contribution >= 0.6 is 0 Å². The van der Waals surface area contributed by atoms with Gasteiger partial charge in [-0.25, -0.2) is 4.79 Å². The summed E-state index contributed by atoms with van der Waals surface area (Å²) in [5.41, 5.74) is 0.551. The van der Waals surface area contributed by atoms with Gasteiger partial charge in [-0.3, -0.25) is 15.0 Å². The molecule has 4 N–H and O–H groups in total. The van der Waals surface area contributed by atoms with Gasteiger partial charge < -0.3 is 20.3 Å². The summed E-state index contributed by atoms with van der Waals surface area (Å²) in [6, 6.07) is 6.62. The number of aliphatic hydroxyl groups is 2. The number of ether oxygens (including phenoxy) is 1. The van der Waals surface area contributed by atoms with E-state index in [0.717, 1.165) is 0 Å². The number of hydrogen-bond acceptors (Lipinski definition) is 6. The van der Waals surface area contributed by atoms with Crippen molar-refractivity contribution in [2.75, 3.05) is 43.5 Å². The molecule has 0 unspecified atom stereocenters. The maximum atomic E-state index is 12.0. The maximum absolute atomic E-state index is 12.0. The Hall–Kier alpha value is -2.16. The topological polar surface area (TPSA) is 111 Å². The normalized spacial score (nSPS) is 11.3. The van der Waals surface area contributed by atoms with Crippen molar-refractivity contribution in [3.63, 3.8) is 0 Å². The minimum absolute atomic E-state index is 0.0685. The average molecular weight is 353 g/mol. The minimum atomic E-state index is -0.576. The molecular formula is C17H27N3O5. The lowest BCUT2D eigenvalue weighted by Crippen LogP contribution is -2.37. The number of amides is 2. The molecule has 0 atom stereocenters. The lowest BCUT2D eigenvalue weighted by molar-refractivity contribution is -0.117. The van der Waals surface area contributed by atoms with E-state index in [-0.39, 0.29) is 25.7 Å². The first-order valence-corrected chi connectivity index (χ1v) is 8.07. The van der Waals surface area contributed by atoms with E-state index >= 15 is 0 Å². The van der Waals surface area contributed by atoms with Gasteiger partial charge in [0.15, 0.2) is 0 Å². The van der Waals surface area contributed by atoms with Crippen LogP contribution in [0.5, 0.6) is 0 Å². The first-order valence-electron chi connectivity index (χ1n) is 8.07. The minimum Gasteiger partial charge on any atom is -0.444 e. The number of carbonyl (C=O) groups excluding carboxylic acids is 2. The molecule has 0 saturated heterocycles. The Kier molecular flexibility index (Phi) is 8.33. The fourth-order valence-electron chi connectivity index (χ4n) is 2.01. The summed E-state index contributed by atoms with van der Waals surface area (Å²) in [4.78, 5) is 25.3. The standard InChI is InChI=1S/C17H27N3O5/c1-17(2,3)25-16(24)19-14-6-4-13(5-7-14)18-15(23)12-20(8-10-21)9-11-22/h4-7,21-22H,8-12H2,1-3H3,(H,18,23)(H,19,24). The predicted molar refractivity (Wildman–Crippen MR) is 95.5 cm³/mol. The second-order valence-electron chi connectivity index (χ2n) is 6.48. The van der Waals surface area contributed by atoms with E-state index in [1.54, 1.807) is 49.9 Å². The molecule has 0 aliphatic rings. The molecule has 0 radical (unpaired) electrons. The monoisotopic (exact) mass is 353 g/mol. The molecule has 0 fully saturated rings. The van der Waals surface area contributed by atoms with E-state index in [4.69, 9.17) is 14.9 Å². The van der Waals surface area contributed by atoms with Crippen LogP contribution in [0.15, 0.2) is 24.3 Å². The molecule has 1 aromatic carbocycles. The summed E-state index contributed by atoms with van der Waals surface area (Å²) < 4.78 is 5.16. The van der Waals surface area contributed by atoms with Gasteiger partial charge in [0, 0.05) is 24.5 Å². The number of carbonyl (C=O) groups is 2. The Morgan fingerprint density at radius 1 is 1.00 bits per heavy atom. The van der Waals surface area contributed by atoms with Gasteiger partial charge in [-0.05, 0) is 45.0 Å². The summed E-state index contributed by atoms with van der Waals surface area (Å²) in [5.74, 6) is -0.255. The summed E-state index contributed by atoms with van der Waals surface area (Å²) in [6.45, 7) is 5.86. The zero-order valence-corrected chi connectivity index (χ0v) is 14.9. The van der Waals surface area contributed by atoms with Crippen LogP contribution in [0.25, 0.3) is 0 Å². The first-order chi connectivity index (χ1) is 11.7. The summed E-state index contributed by atoms with van der Waals surface area (Å²) in [6.07, 6.45) is -0.548. The zero-order chi connectivity index (χ0) is 18.9. The number of rotatable bonds is 8. The van der Waals surface area contributed by atoms with Crippen molar-refractivity contribution < 1.29 is 24.5 Å². The van der Waals surface area contributed by atoms with Crippen molar-refractivity contribution in [1.29, 1.82) is 0 Å². The van der Waals surface area contributed by atoms with Gasteiger partial charge in [0.1, 0.15) is 5.60 Å². The largest absolute Gasteiger partial charge is 0.444 e. The quantitative estimate of drug-likeness (QED) is 0.560. The predicted octanol–water partition coefficient (Wildman–Crippen LogP) is 1.26. The highest BCUT2D eigenvalue weighted by molar-refractivity contribution is 5.92. The van der Waals surface area contributed by atoms with Crippen LogP contribution in [0.2, 0.25) is 0 Å². The highest BCUT2D eigenvalue weighted by atomic mass is 16.6. The van der Waals surface area contributed by atoms with Gasteiger partial charge in [0.25, 0.3) is 0 Å². The Balaban J connectivity index is 2.53. The summed E-state index contributed by atoms with van der Waals surface area (Å²) in [5, 5.41) is 23.2. The van der Waals surface area contributed by atoms with Crippen LogP contribution in [0.4, 0.5) is 16.2 Å². The van der Waals surface area contributed by atoms with Crippen molar-refractivity contribution in [2.24, 2.45) is 0 Å². The number of nitrogens with zero attached hydrogens (tertiary/aromatic N) is 1. The molecule has 0 bridgehead atoms. The number of hydrogen-bond donors (Lipinski definition) is 4. The summed E-state index contributed by atoms with van der Waals surface area (Å²) in [7, 11) is 0. The second-order valence-corrected chi connectivity index (χ2v) is 6.48. The third-order valence-electron chi connectivity index (χ3n) is 3.01. The molecule has 0 aliphatic heterocycles. The summed E-state index contributed by atoms with van der Waals surface area (Å²) >= 11 is 0. The molecule has 1 rings (SSSR count). The van der Waals surface area contributed by atoms with E-state index < -0.39 is 11.7 Å². The molecular weight excluding hydrogens is 326 g/mol. The van der Waals surface area contributed by atoms with Crippen LogP contribution < -0.4 is 10.6 Å². The highest BCUT2D eigenvalue weighted by Gasteiger charge is 2.16. The molecule has 0 aliphatic carbocycles.